The van der Waals surface area contributed by atoms with Gasteiger partial charge in [0.25, 0.3) is 5.41 Å². The van der Waals surface area contributed by atoms with E-state index >= 15 is 0 Å². The highest BCUT2D eigenvalue weighted by Gasteiger charge is 2.90. The molecule has 0 fully saturated rings. The van der Waals surface area contributed by atoms with Crippen molar-refractivity contribution in [3.8, 4) is 0 Å². The van der Waals surface area contributed by atoms with Gasteiger partial charge in [0.05, 0.1) is 0 Å². The Hall–Kier alpha value is -1.17. The Morgan fingerprint density at radius 3 is 1.05 bits per heavy atom. The van der Waals surface area contributed by atoms with E-state index in [2.05, 4.69) is 0 Å². The number of hydrogen-bond acceptors (Lipinski definition) is 0. The van der Waals surface area contributed by atoms with E-state index in [1.54, 1.807) is 0 Å². The van der Waals surface area contributed by atoms with E-state index in [9.17, 15) is 57.1 Å². The van der Waals surface area contributed by atoms with Crippen molar-refractivity contribution in [2.45, 2.75) is 31.1 Å². The van der Waals surface area contributed by atoms with Crippen LogP contribution in [0.25, 0.3) is 0 Å². The van der Waals surface area contributed by atoms with E-state index in [0.29, 0.717) is 0 Å². The van der Waals surface area contributed by atoms with Crippen molar-refractivity contribution in [1.82, 2.24) is 0 Å². The molecule has 0 saturated heterocycles. The highest BCUT2D eigenvalue weighted by molar-refractivity contribution is 5.23. The van der Waals surface area contributed by atoms with Gasteiger partial charge < -0.3 is 0 Å². The third-order valence-corrected chi connectivity index (χ3v) is 2.37. The van der Waals surface area contributed by atoms with Crippen molar-refractivity contribution in [2.75, 3.05) is 0 Å². The maximum atomic E-state index is 13.1. The molecule has 0 aromatic rings. The van der Waals surface area contributed by atoms with E-state index in [1.165, 1.54) is 0 Å². The molecule has 0 amide bonds. The van der Waals surface area contributed by atoms with E-state index in [4.69, 9.17) is 0 Å². The van der Waals surface area contributed by atoms with Crippen LogP contribution in [0, 0.1) is 5.41 Å². The molecule has 0 spiro atoms. The average Bonchev–Trinajstić information content (AvgIpc) is 2.10. The van der Waals surface area contributed by atoms with Crippen molar-refractivity contribution >= 4 is 0 Å². The predicted octanol–water partition coefficient (Wildman–Crippen LogP) is 5.47. The Labute approximate surface area is 107 Å². The van der Waals surface area contributed by atoms with Gasteiger partial charge >= 0.3 is 30.3 Å². The van der Waals surface area contributed by atoms with Crippen LogP contribution in [-0.4, -0.2) is 24.2 Å². The van der Waals surface area contributed by atoms with Gasteiger partial charge in [0, 0.05) is 6.92 Å². The number of rotatable bonds is 3. The van der Waals surface area contributed by atoms with Crippen LogP contribution in [0.5, 0.6) is 0 Å². The molecule has 0 heterocycles. The number of allylic oxidation sites excluding steroid dienone is 1. The Morgan fingerprint density at radius 2 is 0.905 bits per heavy atom. The van der Waals surface area contributed by atoms with Gasteiger partial charge in [0.15, 0.2) is 5.83 Å². The Bertz CT molecular complexity index is 399. The molecule has 21 heavy (non-hydrogen) atoms. The molecule has 0 unspecified atom stereocenters. The summed E-state index contributed by atoms with van der Waals surface area (Å²) in [5.41, 5.74) is -7.38. The quantitative estimate of drug-likeness (QED) is 0.595. The summed E-state index contributed by atoms with van der Waals surface area (Å²) < 4.78 is 162. The van der Waals surface area contributed by atoms with Gasteiger partial charge in [0.1, 0.15) is 0 Å². The van der Waals surface area contributed by atoms with Gasteiger partial charge in [-0.1, -0.05) is 0 Å². The minimum Gasteiger partial charge on any atom is -0.204 e. The van der Waals surface area contributed by atoms with Gasteiger partial charge in [-0.25, -0.2) is 13.2 Å². The van der Waals surface area contributed by atoms with Crippen LogP contribution in [0.15, 0.2) is 11.9 Å². The van der Waals surface area contributed by atoms with Crippen molar-refractivity contribution in [2.24, 2.45) is 5.41 Å². The smallest absolute Gasteiger partial charge is 0.204 e. The number of alkyl halides is 10. The van der Waals surface area contributed by atoms with Crippen LogP contribution >= 0.6 is 0 Å². The van der Waals surface area contributed by atoms with E-state index in [-0.39, 0.29) is 0 Å². The molecular formula is C8H3F13. The molecule has 0 bridgehead atoms. The monoisotopic (exact) mass is 346 g/mol. The summed E-state index contributed by atoms with van der Waals surface area (Å²) in [5.74, 6) is -18.1. The lowest BCUT2D eigenvalue weighted by atomic mass is 9.75. The minimum absolute atomic E-state index is 1.09. The number of halogens is 13. The fourth-order valence-electron chi connectivity index (χ4n) is 1.37. The van der Waals surface area contributed by atoms with Crippen molar-refractivity contribution in [3.63, 3.8) is 0 Å². The molecule has 0 aromatic carbocycles. The third-order valence-electron chi connectivity index (χ3n) is 2.37. The maximum Gasteiger partial charge on any atom is 0.415 e. The first-order valence-corrected chi connectivity index (χ1v) is 4.46. The standard InChI is InChI=1S/C8H3F13/c1-4(12,13)6(14,15)5(7(16,17)18,8(19,20)21)2(9)3(10)11/h1H3. The summed E-state index contributed by atoms with van der Waals surface area (Å²) in [6.45, 7) is -1.09. The fraction of sp³-hybridized carbons (Fsp3) is 0.750. The Morgan fingerprint density at radius 1 is 0.619 bits per heavy atom. The summed E-state index contributed by atoms with van der Waals surface area (Å²) in [6, 6.07) is 0. The van der Waals surface area contributed by atoms with Crippen LogP contribution in [0.4, 0.5) is 57.1 Å². The van der Waals surface area contributed by atoms with Gasteiger partial charge in [-0.05, 0) is 0 Å². The second kappa shape index (κ2) is 4.93. The molecule has 0 nitrogen and oxygen atoms in total. The highest BCUT2D eigenvalue weighted by Crippen LogP contribution is 2.66. The maximum absolute atomic E-state index is 13.1. The van der Waals surface area contributed by atoms with Gasteiger partial charge in [-0.15, -0.1) is 0 Å². The topological polar surface area (TPSA) is 0 Å². The van der Waals surface area contributed by atoms with Crippen molar-refractivity contribution in [3.05, 3.63) is 11.9 Å². The van der Waals surface area contributed by atoms with E-state index in [0.717, 1.165) is 0 Å². The molecule has 0 rings (SSSR count). The van der Waals surface area contributed by atoms with Crippen molar-refractivity contribution in [1.29, 1.82) is 0 Å². The summed E-state index contributed by atoms with van der Waals surface area (Å²) in [4.78, 5) is 0. The molecule has 0 radical (unpaired) electrons. The molecule has 0 aliphatic heterocycles. The SMILES string of the molecule is CC(F)(F)C(F)(F)C(C(F)=C(F)F)(C(F)(F)F)C(F)(F)F. The van der Waals surface area contributed by atoms with E-state index in [1.807, 2.05) is 0 Å². The normalized spacial score (nSPS) is 15.1. The summed E-state index contributed by atoms with van der Waals surface area (Å²) in [5, 5.41) is 0. The molecule has 0 N–H and O–H groups in total. The van der Waals surface area contributed by atoms with Crippen molar-refractivity contribution < 1.29 is 57.1 Å². The molecule has 13 heteroatoms. The van der Waals surface area contributed by atoms with Crippen LogP contribution in [0.1, 0.15) is 6.92 Å². The van der Waals surface area contributed by atoms with Gasteiger partial charge in [-0.2, -0.15) is 43.9 Å². The van der Waals surface area contributed by atoms with E-state index < -0.39 is 48.4 Å². The lowest BCUT2D eigenvalue weighted by Crippen LogP contribution is -2.67. The molecule has 0 aliphatic rings. The first-order chi connectivity index (χ1) is 8.85. The van der Waals surface area contributed by atoms with Crippen LogP contribution < -0.4 is 0 Å². The molecule has 126 valence electrons. The predicted molar refractivity (Wildman–Crippen MR) is 40.5 cm³/mol. The number of hydrogen-bond donors (Lipinski definition) is 0. The Kier molecular flexibility index (Phi) is 4.66. The lowest BCUT2D eigenvalue weighted by molar-refractivity contribution is -0.419. The zero-order chi connectivity index (χ0) is 17.7. The van der Waals surface area contributed by atoms with Gasteiger partial charge in [-0.3, -0.25) is 0 Å². The second-order valence-electron chi connectivity index (χ2n) is 3.78. The summed E-state index contributed by atoms with van der Waals surface area (Å²) in [6.07, 6.45) is -19.5. The first kappa shape index (κ1) is 19.8. The summed E-state index contributed by atoms with van der Waals surface area (Å²) >= 11 is 0. The zero-order valence-corrected chi connectivity index (χ0v) is 9.41. The Balaban J connectivity index is 7.04. The largest absolute Gasteiger partial charge is 0.415 e. The summed E-state index contributed by atoms with van der Waals surface area (Å²) in [7, 11) is 0. The third kappa shape index (κ3) is 2.65. The van der Waals surface area contributed by atoms with Crippen LogP contribution in [0.3, 0.4) is 0 Å². The van der Waals surface area contributed by atoms with Gasteiger partial charge in [0.2, 0.25) is 0 Å². The average molecular weight is 346 g/mol. The minimum atomic E-state index is -7.53. The lowest BCUT2D eigenvalue weighted by Gasteiger charge is -2.42. The van der Waals surface area contributed by atoms with Crippen LogP contribution in [0.2, 0.25) is 0 Å². The molecule has 0 aliphatic carbocycles. The fourth-order valence-corrected chi connectivity index (χ4v) is 1.37. The molecule has 0 aromatic heterocycles. The molecule has 0 saturated carbocycles. The molecule has 0 atom stereocenters. The first-order valence-electron chi connectivity index (χ1n) is 4.46. The van der Waals surface area contributed by atoms with Crippen LogP contribution in [-0.2, 0) is 0 Å². The highest BCUT2D eigenvalue weighted by atomic mass is 19.4. The molecular weight excluding hydrogens is 343 g/mol. The second-order valence-corrected chi connectivity index (χ2v) is 3.78. The zero-order valence-electron chi connectivity index (χ0n) is 9.41.